The molecule has 1 unspecified atom stereocenters. The van der Waals surface area contributed by atoms with Gasteiger partial charge in [0.1, 0.15) is 6.10 Å². The van der Waals surface area contributed by atoms with Crippen LogP contribution in [0.2, 0.25) is 0 Å². The second-order valence-corrected chi connectivity index (χ2v) is 1.09. The minimum Gasteiger partial charge on any atom is -0.479 e. The maximum atomic E-state index is 9.45. The Morgan fingerprint density at radius 1 is 1.70 bits per heavy atom. The van der Waals surface area contributed by atoms with E-state index in [2.05, 4.69) is 0 Å². The van der Waals surface area contributed by atoms with Gasteiger partial charge in [0.25, 0.3) is 0 Å². The van der Waals surface area contributed by atoms with E-state index >= 15 is 0 Å². The predicted octanol–water partition coefficient (Wildman–Crippen LogP) is -0.300. The summed E-state index contributed by atoms with van der Waals surface area (Å²) in [4.78, 5) is 17.4. The molecule has 0 radical (unpaired) electrons. The van der Waals surface area contributed by atoms with Gasteiger partial charge in [-0.15, -0.1) is 5.34 Å². The molecule has 2 N–H and O–H groups in total. The topological polar surface area (TPSA) is 110 Å². The number of hydrogen-bond acceptors (Lipinski definition) is 5. The summed E-state index contributed by atoms with van der Waals surface area (Å²) in [6, 6.07) is 0. The third-order valence-corrected chi connectivity index (χ3v) is 0.357. The molecule has 0 aliphatic rings. The molecule has 1 atom stereocenters. The summed E-state index contributed by atoms with van der Waals surface area (Å²) in [7, 11) is 0. The average molecular weight is 244 g/mol. The van der Waals surface area contributed by atoms with Crippen molar-refractivity contribution in [3.8, 4) is 0 Å². The second kappa shape index (κ2) is 11.4. The van der Waals surface area contributed by atoms with E-state index in [0.717, 1.165) is 5.34 Å². The molecular weight excluding hydrogens is 238 g/mol. The first-order valence-electron chi connectivity index (χ1n) is 1.92. The monoisotopic (exact) mass is 243 g/mol. The summed E-state index contributed by atoms with van der Waals surface area (Å²) >= 11 is 0. The van der Waals surface area contributed by atoms with Crippen LogP contribution in [0.25, 0.3) is 0 Å². The van der Waals surface area contributed by atoms with Crippen molar-refractivity contribution in [3.63, 3.8) is 0 Å². The van der Waals surface area contributed by atoms with Crippen LogP contribution in [0.4, 0.5) is 0 Å². The minimum atomic E-state index is -1.23. The van der Waals surface area contributed by atoms with Gasteiger partial charge in [-0.2, -0.15) is 0 Å². The molecule has 0 aromatic heterocycles. The SMILES string of the molecule is CC(O)C(=O)O.O=N[O-].[Ag+]. The molecule has 64 valence electrons. The Labute approximate surface area is 72.3 Å². The summed E-state index contributed by atoms with van der Waals surface area (Å²) in [5.74, 6) is -1.19. The zero-order valence-corrected chi connectivity index (χ0v) is 6.43. The van der Waals surface area contributed by atoms with Crippen molar-refractivity contribution in [2.75, 3.05) is 0 Å². The quantitative estimate of drug-likeness (QED) is 0.373. The molecule has 0 bridgehead atoms. The fourth-order valence-electron chi connectivity index (χ4n) is 0. The Morgan fingerprint density at radius 3 is 1.80 bits per heavy atom. The van der Waals surface area contributed by atoms with Gasteiger partial charge in [0.05, 0.1) is 0 Å². The average Bonchev–Trinajstić information content (AvgIpc) is 1.68. The number of carboxylic acid groups (broad SMARTS) is 1. The van der Waals surface area contributed by atoms with E-state index in [-0.39, 0.29) is 22.4 Å². The first-order valence-corrected chi connectivity index (χ1v) is 1.92. The molecule has 0 aliphatic heterocycles. The zero-order chi connectivity index (χ0) is 7.86. The fraction of sp³-hybridized carbons (Fsp3) is 0.667. The Bertz CT molecular complexity index is 94.9. The number of hydrogen-bond donors (Lipinski definition) is 2. The van der Waals surface area contributed by atoms with Crippen molar-refractivity contribution in [1.29, 1.82) is 0 Å². The molecule has 0 aromatic rings. The van der Waals surface area contributed by atoms with Crippen LogP contribution in [0.1, 0.15) is 6.92 Å². The zero-order valence-electron chi connectivity index (χ0n) is 4.95. The molecule has 0 aromatic carbocycles. The number of aliphatic carboxylic acids is 1. The normalized spacial score (nSPS) is 9.40. The van der Waals surface area contributed by atoms with Gasteiger partial charge < -0.3 is 20.3 Å². The van der Waals surface area contributed by atoms with E-state index in [0.29, 0.717) is 0 Å². The van der Waals surface area contributed by atoms with Gasteiger partial charge >= 0.3 is 28.3 Å². The van der Waals surface area contributed by atoms with Crippen molar-refractivity contribution in [3.05, 3.63) is 10.1 Å². The van der Waals surface area contributed by atoms with E-state index in [1.165, 1.54) is 6.92 Å². The van der Waals surface area contributed by atoms with Crippen LogP contribution in [-0.4, -0.2) is 22.3 Å². The standard InChI is InChI=1S/C3H6O3.Ag.HNO2/c1-2(4)3(5)6;;2-1-3/h2,4H,1H3,(H,5,6);;(H,2,3)/q;+1;/p-1. The molecular formula is C3H6AgNO5. The number of rotatable bonds is 1. The number of aliphatic hydroxyl groups is 1. The molecule has 0 saturated carbocycles. The molecule has 0 amide bonds. The van der Waals surface area contributed by atoms with E-state index in [4.69, 9.17) is 20.3 Å². The van der Waals surface area contributed by atoms with Gasteiger partial charge in [-0.1, -0.05) is 0 Å². The Kier molecular flexibility index (Phi) is 18.5. The second-order valence-electron chi connectivity index (χ2n) is 1.09. The van der Waals surface area contributed by atoms with E-state index < -0.39 is 12.1 Å². The van der Waals surface area contributed by atoms with E-state index in [9.17, 15) is 4.79 Å². The summed E-state index contributed by atoms with van der Waals surface area (Å²) in [6.45, 7) is 1.20. The maximum Gasteiger partial charge on any atom is 1.00 e. The van der Waals surface area contributed by atoms with Crippen LogP contribution in [0.5, 0.6) is 0 Å². The summed E-state index contributed by atoms with van der Waals surface area (Å²) < 4.78 is 0. The fourth-order valence-corrected chi connectivity index (χ4v) is 0. The predicted molar refractivity (Wildman–Crippen MR) is 28.5 cm³/mol. The minimum absolute atomic E-state index is 0. The van der Waals surface area contributed by atoms with Crippen LogP contribution in [0.15, 0.2) is 5.34 Å². The van der Waals surface area contributed by atoms with Crippen LogP contribution >= 0.6 is 0 Å². The van der Waals surface area contributed by atoms with Gasteiger partial charge in [-0.25, -0.2) is 4.79 Å². The van der Waals surface area contributed by atoms with Crippen molar-refractivity contribution in [2.45, 2.75) is 13.0 Å². The van der Waals surface area contributed by atoms with Gasteiger partial charge in [0.2, 0.25) is 0 Å². The Morgan fingerprint density at radius 2 is 1.80 bits per heavy atom. The molecule has 0 rings (SSSR count). The molecule has 0 aliphatic carbocycles. The van der Waals surface area contributed by atoms with Crippen molar-refractivity contribution in [1.82, 2.24) is 0 Å². The number of carbonyl (C=O) groups is 1. The van der Waals surface area contributed by atoms with E-state index in [1.807, 2.05) is 0 Å². The van der Waals surface area contributed by atoms with Crippen molar-refractivity contribution < 1.29 is 37.4 Å². The van der Waals surface area contributed by atoms with Crippen LogP contribution in [-0.2, 0) is 27.2 Å². The van der Waals surface area contributed by atoms with Crippen LogP contribution in [0.3, 0.4) is 0 Å². The smallest absolute Gasteiger partial charge is 0.479 e. The van der Waals surface area contributed by atoms with Crippen molar-refractivity contribution in [2.24, 2.45) is 5.34 Å². The third kappa shape index (κ3) is 25.6. The molecule has 0 spiro atoms. The first kappa shape index (κ1) is 16.3. The molecule has 0 heterocycles. The van der Waals surface area contributed by atoms with Crippen LogP contribution in [0, 0.1) is 10.1 Å². The number of nitrogens with zero attached hydrogens (tertiary/aromatic N) is 1. The largest absolute Gasteiger partial charge is 1.00 e. The molecule has 6 nitrogen and oxygen atoms in total. The van der Waals surface area contributed by atoms with Crippen LogP contribution < -0.4 is 0 Å². The van der Waals surface area contributed by atoms with Gasteiger partial charge in [-0.05, 0) is 6.92 Å². The van der Waals surface area contributed by atoms with Gasteiger partial charge in [0, 0.05) is 0 Å². The third-order valence-electron chi connectivity index (χ3n) is 0.357. The number of carboxylic acids is 1. The molecule has 10 heavy (non-hydrogen) atoms. The van der Waals surface area contributed by atoms with Crippen molar-refractivity contribution >= 4 is 5.97 Å². The Hall–Kier alpha value is -0.430. The first-order chi connectivity index (χ1) is 4.06. The van der Waals surface area contributed by atoms with E-state index in [1.54, 1.807) is 0 Å². The summed E-state index contributed by atoms with van der Waals surface area (Å²) in [6.07, 6.45) is -1.23. The van der Waals surface area contributed by atoms with Gasteiger partial charge in [0.15, 0.2) is 0 Å². The molecule has 0 fully saturated rings. The summed E-state index contributed by atoms with van der Waals surface area (Å²) in [5, 5.41) is 24.8. The number of aliphatic hydroxyl groups excluding tert-OH is 1. The maximum absolute atomic E-state index is 9.45. The molecule has 7 heteroatoms. The molecule has 0 saturated heterocycles. The summed E-state index contributed by atoms with van der Waals surface area (Å²) in [5.41, 5.74) is 0. The Balaban J connectivity index is -0.000000107. The van der Waals surface area contributed by atoms with Gasteiger partial charge in [-0.3, -0.25) is 0 Å².